The largest absolute Gasteiger partial charge is 0.452 e. The second-order valence-electron chi connectivity index (χ2n) is 4.81. The van der Waals surface area contributed by atoms with E-state index in [9.17, 15) is 18.4 Å². The van der Waals surface area contributed by atoms with Gasteiger partial charge in [-0.25, -0.2) is 13.6 Å². The van der Waals surface area contributed by atoms with Crippen molar-refractivity contribution in [3.05, 3.63) is 58.6 Å². The Kier molecular flexibility index (Phi) is 6.95. The van der Waals surface area contributed by atoms with Gasteiger partial charge in [0.25, 0.3) is 5.91 Å². The highest BCUT2D eigenvalue weighted by Crippen LogP contribution is 2.26. The normalized spacial score (nSPS) is 10.1. The molecule has 2 rings (SSSR count). The zero-order valence-electron chi connectivity index (χ0n) is 13.1. The summed E-state index contributed by atoms with van der Waals surface area (Å²) in [5.41, 5.74) is 0.0722. The van der Waals surface area contributed by atoms with E-state index >= 15 is 0 Å². The molecule has 0 bridgehead atoms. The van der Waals surface area contributed by atoms with Crippen molar-refractivity contribution in [2.24, 2.45) is 0 Å². The van der Waals surface area contributed by atoms with E-state index in [1.54, 1.807) is 24.3 Å². The summed E-state index contributed by atoms with van der Waals surface area (Å²) in [5, 5.41) is 10.9. The number of thioether (sulfide) groups is 1. The molecule has 0 aromatic heterocycles. The van der Waals surface area contributed by atoms with E-state index in [-0.39, 0.29) is 16.3 Å². The smallest absolute Gasteiger partial charge is 0.340 e. The molecule has 0 saturated heterocycles. The van der Waals surface area contributed by atoms with E-state index in [1.807, 2.05) is 6.07 Å². The maximum Gasteiger partial charge on any atom is 0.340 e. The number of amides is 1. The number of nitrogens with one attached hydrogen (secondary N) is 1. The number of nitriles is 1. The Hall–Kier alpha value is -2.63. The van der Waals surface area contributed by atoms with Crippen LogP contribution in [0.5, 0.6) is 0 Å². The SMILES string of the molecule is N#CCSc1ccccc1NC(=O)COC(=O)c1cc(F)c(F)cc1Cl. The molecular formula is C17H11ClF2N2O3S. The van der Waals surface area contributed by atoms with Crippen molar-refractivity contribution in [3.8, 4) is 6.07 Å². The fourth-order valence-corrected chi connectivity index (χ4v) is 2.78. The van der Waals surface area contributed by atoms with Crippen LogP contribution in [-0.4, -0.2) is 24.2 Å². The van der Waals surface area contributed by atoms with Crippen LogP contribution in [0.4, 0.5) is 14.5 Å². The molecule has 9 heteroatoms. The van der Waals surface area contributed by atoms with Gasteiger partial charge < -0.3 is 10.1 Å². The summed E-state index contributed by atoms with van der Waals surface area (Å²) < 4.78 is 31.0. The van der Waals surface area contributed by atoms with Crippen molar-refractivity contribution >= 4 is 40.9 Å². The first-order valence-electron chi connectivity index (χ1n) is 7.12. The summed E-state index contributed by atoms with van der Waals surface area (Å²) in [6, 6.07) is 10.0. The maximum absolute atomic E-state index is 13.2. The van der Waals surface area contributed by atoms with E-state index < -0.39 is 30.1 Å². The minimum atomic E-state index is -1.26. The summed E-state index contributed by atoms with van der Waals surface area (Å²) in [4.78, 5) is 24.5. The summed E-state index contributed by atoms with van der Waals surface area (Å²) in [5.74, 6) is -3.94. The molecule has 0 unspecified atom stereocenters. The standard InChI is InChI=1S/C17H11ClF2N2O3S/c18-11-8-13(20)12(19)7-10(11)17(24)25-9-16(23)22-14-3-1-2-4-15(14)26-6-5-21/h1-4,7-8H,6,9H2,(H,22,23). The van der Waals surface area contributed by atoms with Crippen LogP contribution in [0.1, 0.15) is 10.4 Å². The molecule has 0 fully saturated rings. The predicted molar refractivity (Wildman–Crippen MR) is 93.1 cm³/mol. The van der Waals surface area contributed by atoms with Gasteiger partial charge in [0.1, 0.15) is 0 Å². The van der Waals surface area contributed by atoms with Gasteiger partial charge in [-0.15, -0.1) is 11.8 Å². The van der Waals surface area contributed by atoms with Crippen molar-refractivity contribution in [3.63, 3.8) is 0 Å². The number of para-hydroxylation sites is 1. The van der Waals surface area contributed by atoms with Gasteiger partial charge in [0.05, 0.1) is 28.1 Å². The minimum Gasteiger partial charge on any atom is -0.452 e. The minimum absolute atomic E-state index is 0.205. The number of carbonyl (C=O) groups excluding carboxylic acids is 2. The fraction of sp³-hybridized carbons (Fsp3) is 0.118. The third-order valence-electron chi connectivity index (χ3n) is 3.02. The molecule has 5 nitrogen and oxygen atoms in total. The third kappa shape index (κ3) is 5.18. The number of benzene rings is 2. The molecule has 2 aromatic rings. The highest BCUT2D eigenvalue weighted by atomic mass is 35.5. The number of esters is 1. The van der Waals surface area contributed by atoms with E-state index in [0.29, 0.717) is 22.7 Å². The van der Waals surface area contributed by atoms with Crippen LogP contribution < -0.4 is 5.32 Å². The zero-order valence-corrected chi connectivity index (χ0v) is 14.7. The van der Waals surface area contributed by atoms with Gasteiger partial charge in [-0.2, -0.15) is 5.26 Å². The zero-order chi connectivity index (χ0) is 19.1. The Morgan fingerprint density at radius 3 is 2.65 bits per heavy atom. The Morgan fingerprint density at radius 2 is 1.92 bits per heavy atom. The topological polar surface area (TPSA) is 79.2 Å². The molecule has 2 aromatic carbocycles. The summed E-state index contributed by atoms with van der Waals surface area (Å²) in [7, 11) is 0. The van der Waals surface area contributed by atoms with Crippen molar-refractivity contribution < 1.29 is 23.1 Å². The van der Waals surface area contributed by atoms with Crippen LogP contribution in [0.15, 0.2) is 41.3 Å². The molecule has 0 atom stereocenters. The molecule has 0 saturated carbocycles. The summed E-state index contributed by atoms with van der Waals surface area (Å²) in [6.45, 7) is -0.647. The summed E-state index contributed by atoms with van der Waals surface area (Å²) in [6.07, 6.45) is 0. The average Bonchev–Trinajstić information content (AvgIpc) is 2.62. The molecule has 0 heterocycles. The lowest BCUT2D eigenvalue weighted by atomic mass is 10.2. The van der Waals surface area contributed by atoms with Gasteiger partial charge in [-0.05, 0) is 24.3 Å². The lowest BCUT2D eigenvalue weighted by molar-refractivity contribution is -0.119. The second kappa shape index (κ2) is 9.17. The van der Waals surface area contributed by atoms with E-state index in [4.69, 9.17) is 21.6 Å². The van der Waals surface area contributed by atoms with Gasteiger partial charge in [0.15, 0.2) is 18.2 Å². The van der Waals surface area contributed by atoms with Crippen LogP contribution >= 0.6 is 23.4 Å². The van der Waals surface area contributed by atoms with Crippen molar-refractivity contribution in [1.29, 1.82) is 5.26 Å². The Labute approximate surface area is 156 Å². The van der Waals surface area contributed by atoms with Crippen LogP contribution in [0.2, 0.25) is 5.02 Å². The number of carbonyl (C=O) groups is 2. The second-order valence-corrected chi connectivity index (χ2v) is 6.24. The number of hydrogen-bond acceptors (Lipinski definition) is 5. The fourth-order valence-electron chi connectivity index (χ4n) is 1.88. The monoisotopic (exact) mass is 396 g/mol. The van der Waals surface area contributed by atoms with Crippen molar-refractivity contribution in [2.45, 2.75) is 4.90 Å². The van der Waals surface area contributed by atoms with Crippen LogP contribution in [0.3, 0.4) is 0 Å². The van der Waals surface area contributed by atoms with Gasteiger partial charge >= 0.3 is 5.97 Å². The Balaban J connectivity index is 1.98. The number of hydrogen-bond donors (Lipinski definition) is 1. The third-order valence-corrected chi connectivity index (χ3v) is 4.27. The van der Waals surface area contributed by atoms with Gasteiger partial charge in [-0.3, -0.25) is 4.79 Å². The van der Waals surface area contributed by atoms with Gasteiger partial charge in [-0.1, -0.05) is 23.7 Å². The molecule has 26 heavy (non-hydrogen) atoms. The average molecular weight is 397 g/mol. The van der Waals surface area contributed by atoms with Crippen molar-refractivity contribution in [1.82, 2.24) is 0 Å². The number of nitrogens with zero attached hydrogens (tertiary/aromatic N) is 1. The molecule has 0 aliphatic rings. The molecule has 0 aliphatic heterocycles. The first-order chi connectivity index (χ1) is 12.4. The lowest BCUT2D eigenvalue weighted by Crippen LogP contribution is -2.21. The van der Waals surface area contributed by atoms with Gasteiger partial charge in [0.2, 0.25) is 0 Å². The van der Waals surface area contributed by atoms with Crippen molar-refractivity contribution in [2.75, 3.05) is 17.7 Å². The molecule has 134 valence electrons. The van der Waals surface area contributed by atoms with E-state index in [2.05, 4.69) is 5.32 Å². The van der Waals surface area contributed by atoms with E-state index in [0.717, 1.165) is 0 Å². The van der Waals surface area contributed by atoms with Crippen LogP contribution in [0, 0.1) is 23.0 Å². The first kappa shape index (κ1) is 19.7. The highest BCUT2D eigenvalue weighted by molar-refractivity contribution is 7.99. The highest BCUT2D eigenvalue weighted by Gasteiger charge is 2.17. The van der Waals surface area contributed by atoms with E-state index in [1.165, 1.54) is 11.8 Å². The molecule has 0 aliphatic carbocycles. The molecular weight excluding hydrogens is 386 g/mol. The summed E-state index contributed by atoms with van der Waals surface area (Å²) >= 11 is 6.91. The quantitative estimate of drug-likeness (QED) is 0.453. The Bertz CT molecular complexity index is 887. The number of ether oxygens (including phenoxy) is 1. The Morgan fingerprint density at radius 1 is 1.23 bits per heavy atom. The molecule has 0 spiro atoms. The van der Waals surface area contributed by atoms with Crippen LogP contribution in [-0.2, 0) is 9.53 Å². The lowest BCUT2D eigenvalue weighted by Gasteiger charge is -2.10. The maximum atomic E-state index is 13.2. The first-order valence-corrected chi connectivity index (χ1v) is 8.49. The number of anilines is 1. The molecule has 1 N–H and O–H groups in total. The number of rotatable bonds is 6. The van der Waals surface area contributed by atoms with Gasteiger partial charge in [0, 0.05) is 4.90 Å². The van der Waals surface area contributed by atoms with Crippen LogP contribution in [0.25, 0.3) is 0 Å². The molecule has 0 radical (unpaired) electrons. The molecule has 1 amide bonds. The predicted octanol–water partition coefficient (Wildman–Crippen LogP) is 4.03. The number of halogens is 3.